The Balaban J connectivity index is 1.90. The number of rotatable bonds is 7. The summed E-state index contributed by atoms with van der Waals surface area (Å²) in [6.07, 6.45) is 0. The lowest BCUT2D eigenvalue weighted by molar-refractivity contribution is 0.0913. The van der Waals surface area contributed by atoms with Crippen molar-refractivity contribution >= 4 is 46.5 Å². The summed E-state index contributed by atoms with van der Waals surface area (Å²) in [5.41, 5.74) is 5.83. The van der Waals surface area contributed by atoms with Crippen LogP contribution in [0.5, 0.6) is 0 Å². The molecule has 0 amide bonds. The quantitative estimate of drug-likeness (QED) is 0.178. The highest BCUT2D eigenvalue weighted by Crippen LogP contribution is 2.43. The topological polar surface area (TPSA) is 14.2 Å². The van der Waals surface area contributed by atoms with E-state index in [1.807, 2.05) is 18.2 Å². The second-order valence-corrected chi connectivity index (χ2v) is 15.9. The van der Waals surface area contributed by atoms with Gasteiger partial charge in [-0.1, -0.05) is 95.7 Å². The molecular weight excluding hydrogens is 486 g/mol. The molecule has 31 heavy (non-hydrogen) atoms. The predicted molar refractivity (Wildman–Crippen MR) is 140 cm³/mol. The molecule has 0 radical (unpaired) electrons. The molecule has 0 aliphatic rings. The van der Waals surface area contributed by atoms with E-state index in [9.17, 15) is 0 Å². The van der Waals surface area contributed by atoms with Crippen LogP contribution in [0, 0.1) is 0 Å². The van der Waals surface area contributed by atoms with Crippen LogP contribution in [0.4, 0.5) is 0 Å². The van der Waals surface area contributed by atoms with Gasteiger partial charge in [0.05, 0.1) is 11.2 Å². The number of halogens is 2. The third-order valence-electron chi connectivity index (χ3n) is 5.45. The molecule has 0 spiro atoms. The molecule has 0 aliphatic heterocycles. The Morgan fingerprint density at radius 1 is 0.903 bits per heavy atom. The molecule has 0 bridgehead atoms. The molecule has 0 atom stereocenters. The van der Waals surface area contributed by atoms with Crippen LogP contribution in [0.2, 0.25) is 30.7 Å². The maximum absolute atomic E-state index is 6.24. The predicted octanol–water partition coefficient (Wildman–Crippen LogP) is 8.70. The first-order chi connectivity index (χ1) is 14.8. The highest BCUT2D eigenvalue weighted by Gasteiger charge is 2.21. The third kappa shape index (κ3) is 4.98. The van der Waals surface area contributed by atoms with E-state index >= 15 is 0 Å². The van der Waals surface area contributed by atoms with E-state index in [-0.39, 0.29) is 0 Å². The summed E-state index contributed by atoms with van der Waals surface area (Å²) < 4.78 is 9.61. The number of hydrogen-bond acceptors (Lipinski definition) is 1. The third-order valence-corrected chi connectivity index (χ3v) is 8.10. The van der Waals surface area contributed by atoms with Crippen molar-refractivity contribution in [1.82, 2.24) is 4.57 Å². The van der Waals surface area contributed by atoms with Gasteiger partial charge in [-0.3, -0.25) is 0 Å². The first-order valence-corrected chi connectivity index (χ1v) is 15.4. The lowest BCUT2D eigenvalue weighted by Crippen LogP contribution is -2.22. The van der Waals surface area contributed by atoms with Gasteiger partial charge in [0.1, 0.15) is 6.73 Å². The Kier molecular flexibility index (Phi) is 6.73. The molecule has 1 aromatic heterocycles. The van der Waals surface area contributed by atoms with Crippen LogP contribution in [0.3, 0.4) is 0 Å². The van der Waals surface area contributed by atoms with Crippen LogP contribution < -0.4 is 0 Å². The fourth-order valence-electron chi connectivity index (χ4n) is 3.81. The van der Waals surface area contributed by atoms with Crippen molar-refractivity contribution in [1.29, 1.82) is 0 Å². The number of fused-ring (bicyclic) bond motifs is 1. The van der Waals surface area contributed by atoms with Crippen LogP contribution in [0.25, 0.3) is 33.3 Å². The van der Waals surface area contributed by atoms with Crippen LogP contribution in [-0.4, -0.2) is 19.2 Å². The van der Waals surface area contributed by atoms with Crippen LogP contribution in [0.1, 0.15) is 0 Å². The van der Waals surface area contributed by atoms with E-state index in [4.69, 9.17) is 16.3 Å². The summed E-state index contributed by atoms with van der Waals surface area (Å²) >= 11 is 9.98. The Morgan fingerprint density at radius 2 is 1.58 bits per heavy atom. The number of nitrogens with zero attached hydrogens (tertiary/aromatic N) is 1. The smallest absolute Gasteiger partial charge is 0.123 e. The Bertz CT molecular complexity index is 1190. The van der Waals surface area contributed by atoms with Gasteiger partial charge in [-0.15, -0.1) is 0 Å². The minimum atomic E-state index is -1.14. The van der Waals surface area contributed by atoms with Gasteiger partial charge < -0.3 is 9.30 Å². The molecule has 4 aromatic rings. The van der Waals surface area contributed by atoms with Gasteiger partial charge in [-0.2, -0.15) is 0 Å². The van der Waals surface area contributed by atoms with Crippen LogP contribution >= 0.6 is 27.5 Å². The molecule has 0 unspecified atom stereocenters. The molecule has 0 saturated carbocycles. The van der Waals surface area contributed by atoms with Crippen molar-refractivity contribution < 1.29 is 4.74 Å². The number of aromatic nitrogens is 1. The van der Waals surface area contributed by atoms with Gasteiger partial charge in [0.2, 0.25) is 0 Å². The minimum Gasteiger partial charge on any atom is -0.361 e. The van der Waals surface area contributed by atoms with Crippen molar-refractivity contribution in [3.05, 3.63) is 82.3 Å². The van der Waals surface area contributed by atoms with Crippen molar-refractivity contribution in [3.8, 4) is 22.4 Å². The van der Waals surface area contributed by atoms with Crippen LogP contribution in [-0.2, 0) is 11.5 Å². The number of hydrogen-bond donors (Lipinski definition) is 0. The molecule has 4 rings (SSSR count). The van der Waals surface area contributed by atoms with Gasteiger partial charge >= 0.3 is 0 Å². The van der Waals surface area contributed by atoms with E-state index in [1.165, 1.54) is 16.5 Å². The second-order valence-electron chi connectivity index (χ2n) is 9.00. The maximum atomic E-state index is 6.24. The van der Waals surface area contributed by atoms with E-state index < -0.39 is 8.07 Å². The first kappa shape index (κ1) is 22.3. The highest BCUT2D eigenvalue weighted by molar-refractivity contribution is 9.10. The Labute approximate surface area is 199 Å². The molecule has 0 fully saturated rings. The standard InChI is InChI=1S/C26H27BrClNOSi/c1-31(2,3)17-16-30-18-29-24-11-7-5-9-22(24)25(19-12-14-20(28)15-13-19)26(29)21-8-4-6-10-23(21)27/h4-15H,16-18H2,1-3H3. The van der Waals surface area contributed by atoms with Gasteiger partial charge in [-0.25, -0.2) is 0 Å². The summed E-state index contributed by atoms with van der Waals surface area (Å²) in [5.74, 6) is 0. The number of ether oxygens (including phenoxy) is 1. The largest absolute Gasteiger partial charge is 0.361 e. The summed E-state index contributed by atoms with van der Waals surface area (Å²) in [5, 5.41) is 1.95. The van der Waals surface area contributed by atoms with Gasteiger partial charge in [-0.05, 0) is 35.9 Å². The average Bonchev–Trinajstić information content (AvgIpc) is 3.06. The minimum absolute atomic E-state index is 0.523. The summed E-state index contributed by atoms with van der Waals surface area (Å²) in [7, 11) is -1.14. The zero-order valence-electron chi connectivity index (χ0n) is 18.2. The zero-order chi connectivity index (χ0) is 22.0. The van der Waals surface area contributed by atoms with E-state index in [1.54, 1.807) is 0 Å². The van der Waals surface area contributed by atoms with Crippen molar-refractivity contribution in [2.24, 2.45) is 0 Å². The van der Waals surface area contributed by atoms with Crippen molar-refractivity contribution in [2.75, 3.05) is 6.61 Å². The molecule has 0 N–H and O–H groups in total. The first-order valence-electron chi connectivity index (χ1n) is 10.5. The molecule has 5 heteroatoms. The van der Waals surface area contributed by atoms with Crippen LogP contribution in [0.15, 0.2) is 77.3 Å². The summed E-state index contributed by atoms with van der Waals surface area (Å²) in [6, 6.07) is 26.2. The van der Waals surface area contributed by atoms with Gasteiger partial charge in [0, 0.05) is 40.7 Å². The molecule has 0 saturated heterocycles. The highest BCUT2D eigenvalue weighted by atomic mass is 79.9. The Hall–Kier alpha value is -1.85. The van der Waals surface area contributed by atoms with Gasteiger partial charge in [0.15, 0.2) is 0 Å². The fraction of sp³-hybridized carbons (Fsp3) is 0.231. The van der Waals surface area contributed by atoms with E-state index in [2.05, 4.69) is 94.7 Å². The maximum Gasteiger partial charge on any atom is 0.123 e. The SMILES string of the molecule is C[Si](C)(C)CCOCn1c(-c2ccccc2Br)c(-c2ccc(Cl)cc2)c2ccccc21. The molecular formula is C26H27BrClNOSi. The zero-order valence-corrected chi connectivity index (χ0v) is 21.5. The number of benzene rings is 3. The lowest BCUT2D eigenvalue weighted by Gasteiger charge is -2.18. The molecule has 3 aromatic carbocycles. The normalized spacial score (nSPS) is 11.9. The van der Waals surface area contributed by atoms with E-state index in [0.29, 0.717) is 6.73 Å². The lowest BCUT2D eigenvalue weighted by atomic mass is 9.98. The van der Waals surface area contributed by atoms with Gasteiger partial charge in [0.25, 0.3) is 0 Å². The summed E-state index contributed by atoms with van der Waals surface area (Å²) in [6.45, 7) is 8.45. The number of para-hydroxylation sites is 1. The molecule has 1 heterocycles. The average molecular weight is 513 g/mol. The Morgan fingerprint density at radius 3 is 2.29 bits per heavy atom. The monoisotopic (exact) mass is 511 g/mol. The van der Waals surface area contributed by atoms with Crippen molar-refractivity contribution in [2.45, 2.75) is 32.4 Å². The molecule has 0 aliphatic carbocycles. The molecule has 160 valence electrons. The molecule has 2 nitrogen and oxygen atoms in total. The second kappa shape index (κ2) is 9.33. The van der Waals surface area contributed by atoms with E-state index in [0.717, 1.165) is 39.0 Å². The summed E-state index contributed by atoms with van der Waals surface area (Å²) in [4.78, 5) is 0. The fourth-order valence-corrected chi connectivity index (χ4v) is 5.17. The van der Waals surface area contributed by atoms with Crippen molar-refractivity contribution in [3.63, 3.8) is 0 Å².